The molecule has 0 saturated carbocycles. The monoisotopic (exact) mass is 317 g/mol. The highest BCUT2D eigenvalue weighted by molar-refractivity contribution is 6.31. The molecule has 1 saturated heterocycles. The molecule has 3 rings (SSSR count). The van der Waals surface area contributed by atoms with E-state index in [4.69, 9.17) is 16.0 Å². The number of furan rings is 1. The molecule has 1 aliphatic rings. The van der Waals surface area contributed by atoms with Crippen molar-refractivity contribution in [1.29, 1.82) is 0 Å². The highest BCUT2D eigenvalue weighted by Crippen LogP contribution is 2.45. The Balaban J connectivity index is 2.06. The first-order valence-corrected chi connectivity index (χ1v) is 6.73. The number of benzene rings is 1. The van der Waals surface area contributed by atoms with Gasteiger partial charge in [0.05, 0.1) is 0 Å². The molecule has 112 valence electrons. The molecular weight excluding hydrogens is 307 g/mol. The normalized spacial score (nSPS) is 22.9. The lowest BCUT2D eigenvalue weighted by molar-refractivity contribution is -0.197. The van der Waals surface area contributed by atoms with E-state index in [2.05, 4.69) is 5.32 Å². The molecule has 0 radical (unpaired) electrons. The molecule has 0 aliphatic carbocycles. The minimum absolute atomic E-state index is 0.150. The molecule has 0 bridgehead atoms. The Kier molecular flexibility index (Phi) is 3.26. The van der Waals surface area contributed by atoms with Crippen LogP contribution in [0.5, 0.6) is 0 Å². The number of fused-ring (bicyclic) bond motifs is 1. The van der Waals surface area contributed by atoms with Gasteiger partial charge in [-0.3, -0.25) is 4.79 Å². The summed E-state index contributed by atoms with van der Waals surface area (Å²) in [4.78, 5) is 12.4. The van der Waals surface area contributed by atoms with Crippen LogP contribution in [0.2, 0.25) is 5.02 Å². The Labute approximate surface area is 123 Å². The molecule has 2 aromatic rings. The maximum Gasteiger partial charge on any atom is 0.403 e. The zero-order chi connectivity index (χ0) is 15.3. The quantitative estimate of drug-likeness (QED) is 0.856. The van der Waals surface area contributed by atoms with E-state index in [0.29, 0.717) is 16.0 Å². The van der Waals surface area contributed by atoms with Crippen LogP contribution in [0.4, 0.5) is 13.2 Å². The molecule has 1 aromatic carbocycles. The second-order valence-corrected chi connectivity index (χ2v) is 5.57. The molecular formula is C14H11ClF3NO2. The van der Waals surface area contributed by atoms with Crippen LogP contribution >= 0.6 is 11.6 Å². The fourth-order valence-corrected chi connectivity index (χ4v) is 2.80. The highest BCUT2D eigenvalue weighted by atomic mass is 35.5. The third-order valence-corrected chi connectivity index (χ3v) is 4.07. The number of rotatable bonds is 2. The molecule has 21 heavy (non-hydrogen) atoms. The average Bonchev–Trinajstić information content (AvgIpc) is 3.03. The number of nitrogens with one attached hydrogen (secondary N) is 1. The van der Waals surface area contributed by atoms with E-state index in [9.17, 15) is 18.0 Å². The van der Waals surface area contributed by atoms with Gasteiger partial charge in [0.25, 0.3) is 0 Å². The lowest BCUT2D eigenvalue weighted by Gasteiger charge is -2.28. The molecule has 1 atom stereocenters. The number of carbonyl (C=O) groups is 1. The molecule has 1 aromatic heterocycles. The van der Waals surface area contributed by atoms with Crippen molar-refractivity contribution in [1.82, 2.24) is 5.32 Å². The van der Waals surface area contributed by atoms with Crippen molar-refractivity contribution in [3.63, 3.8) is 0 Å². The van der Waals surface area contributed by atoms with E-state index in [-0.39, 0.29) is 18.7 Å². The van der Waals surface area contributed by atoms with Crippen LogP contribution in [0.3, 0.4) is 0 Å². The van der Waals surface area contributed by atoms with Crippen molar-refractivity contribution in [3.05, 3.63) is 35.0 Å². The molecule has 1 N–H and O–H groups in total. The van der Waals surface area contributed by atoms with Gasteiger partial charge in [-0.2, -0.15) is 13.2 Å². The molecule has 0 spiro atoms. The highest BCUT2D eigenvalue weighted by Gasteiger charge is 2.62. The van der Waals surface area contributed by atoms with Crippen molar-refractivity contribution in [2.24, 2.45) is 5.41 Å². The van der Waals surface area contributed by atoms with Gasteiger partial charge in [-0.15, -0.1) is 0 Å². The van der Waals surface area contributed by atoms with Crippen LogP contribution in [0, 0.1) is 5.41 Å². The van der Waals surface area contributed by atoms with Crippen molar-refractivity contribution in [3.8, 4) is 0 Å². The fourth-order valence-electron chi connectivity index (χ4n) is 2.62. The van der Waals surface area contributed by atoms with Crippen molar-refractivity contribution >= 4 is 28.4 Å². The average molecular weight is 318 g/mol. The molecule has 2 heterocycles. The maximum absolute atomic E-state index is 13.3. The topological polar surface area (TPSA) is 42.2 Å². The van der Waals surface area contributed by atoms with Crippen LogP contribution in [-0.4, -0.2) is 25.0 Å². The van der Waals surface area contributed by atoms with Gasteiger partial charge in [-0.05, 0) is 37.2 Å². The van der Waals surface area contributed by atoms with Gasteiger partial charge in [0.15, 0.2) is 5.76 Å². The van der Waals surface area contributed by atoms with Crippen LogP contribution in [0.1, 0.15) is 17.0 Å². The fraction of sp³-hybridized carbons (Fsp3) is 0.357. The summed E-state index contributed by atoms with van der Waals surface area (Å²) < 4.78 is 45.3. The number of carbonyl (C=O) groups excluding carboxylic acids is 1. The Hall–Kier alpha value is -1.53. The lowest BCUT2D eigenvalue weighted by atomic mass is 9.80. The van der Waals surface area contributed by atoms with Gasteiger partial charge >= 0.3 is 6.18 Å². The Morgan fingerprint density at radius 1 is 1.33 bits per heavy atom. The van der Waals surface area contributed by atoms with Crippen LogP contribution in [0.25, 0.3) is 11.0 Å². The molecule has 3 nitrogen and oxygen atoms in total. The minimum Gasteiger partial charge on any atom is -0.453 e. The first-order chi connectivity index (χ1) is 9.83. The molecule has 1 unspecified atom stereocenters. The summed E-state index contributed by atoms with van der Waals surface area (Å²) in [6, 6.07) is 5.94. The van der Waals surface area contributed by atoms with Gasteiger partial charge in [-0.1, -0.05) is 11.6 Å². The number of hydrogen-bond donors (Lipinski definition) is 1. The minimum atomic E-state index is -4.62. The second-order valence-electron chi connectivity index (χ2n) is 5.13. The molecule has 1 fully saturated rings. The SMILES string of the molecule is O=C(c1cc2cc(Cl)ccc2o1)C1(C(F)(F)F)CCNC1. The summed E-state index contributed by atoms with van der Waals surface area (Å²) in [6.07, 6.45) is -4.91. The van der Waals surface area contributed by atoms with E-state index in [1.807, 2.05) is 0 Å². The number of alkyl halides is 3. The predicted octanol–water partition coefficient (Wildman–Crippen LogP) is 3.81. The number of Topliss-reactive ketones (excluding diaryl/α,β-unsaturated/α-hetero) is 1. The van der Waals surface area contributed by atoms with Crippen LogP contribution in [0.15, 0.2) is 28.7 Å². The standard InChI is InChI=1S/C14H11ClF3NO2/c15-9-1-2-10-8(5-9)6-11(21-10)12(20)13(14(16,17)18)3-4-19-7-13/h1-2,5-6,19H,3-4,7H2. The first kappa shape index (κ1) is 14.4. The summed E-state index contributed by atoms with van der Waals surface area (Å²) in [6.45, 7) is -0.273. The van der Waals surface area contributed by atoms with E-state index in [1.165, 1.54) is 12.1 Å². The van der Waals surface area contributed by atoms with Crippen molar-refractivity contribution < 1.29 is 22.4 Å². The summed E-state index contributed by atoms with van der Waals surface area (Å²) in [7, 11) is 0. The van der Waals surface area contributed by atoms with Crippen LogP contribution in [-0.2, 0) is 0 Å². The number of halogens is 4. The zero-order valence-electron chi connectivity index (χ0n) is 10.8. The first-order valence-electron chi connectivity index (χ1n) is 6.35. The Morgan fingerprint density at radius 2 is 2.10 bits per heavy atom. The number of hydrogen-bond acceptors (Lipinski definition) is 3. The summed E-state index contributed by atoms with van der Waals surface area (Å²) >= 11 is 5.82. The van der Waals surface area contributed by atoms with Crippen molar-refractivity contribution in [2.75, 3.05) is 13.1 Å². The molecule has 0 amide bonds. The predicted molar refractivity (Wildman–Crippen MR) is 71.5 cm³/mol. The maximum atomic E-state index is 13.3. The van der Waals surface area contributed by atoms with Gasteiger partial charge in [0, 0.05) is 17.0 Å². The van der Waals surface area contributed by atoms with E-state index in [0.717, 1.165) is 0 Å². The Morgan fingerprint density at radius 3 is 2.71 bits per heavy atom. The van der Waals surface area contributed by atoms with E-state index >= 15 is 0 Å². The summed E-state index contributed by atoms with van der Waals surface area (Å²) in [5.74, 6) is -1.32. The van der Waals surface area contributed by atoms with Crippen molar-refractivity contribution in [2.45, 2.75) is 12.6 Å². The molecule has 1 aliphatic heterocycles. The Bertz CT molecular complexity index is 702. The largest absolute Gasteiger partial charge is 0.453 e. The zero-order valence-corrected chi connectivity index (χ0v) is 11.5. The second kappa shape index (κ2) is 4.74. The van der Waals surface area contributed by atoms with Crippen LogP contribution < -0.4 is 5.32 Å². The number of ketones is 1. The molecule has 7 heteroatoms. The summed E-state index contributed by atoms with van der Waals surface area (Å²) in [5.41, 5.74) is -2.07. The van der Waals surface area contributed by atoms with Gasteiger partial charge in [0.1, 0.15) is 11.0 Å². The van der Waals surface area contributed by atoms with E-state index in [1.54, 1.807) is 12.1 Å². The third kappa shape index (κ3) is 2.22. The van der Waals surface area contributed by atoms with Gasteiger partial charge < -0.3 is 9.73 Å². The van der Waals surface area contributed by atoms with E-state index < -0.39 is 23.9 Å². The smallest absolute Gasteiger partial charge is 0.403 e. The van der Waals surface area contributed by atoms with Gasteiger partial charge in [0.2, 0.25) is 5.78 Å². The third-order valence-electron chi connectivity index (χ3n) is 3.83. The summed E-state index contributed by atoms with van der Waals surface area (Å²) in [5, 5.41) is 3.54. The lowest BCUT2D eigenvalue weighted by Crippen LogP contribution is -2.46. The van der Waals surface area contributed by atoms with Gasteiger partial charge in [-0.25, -0.2) is 0 Å².